The fourth-order valence-electron chi connectivity index (χ4n) is 2.82. The first-order valence-electron chi connectivity index (χ1n) is 7.81. The maximum Gasteiger partial charge on any atom is 0.341 e. The van der Waals surface area contributed by atoms with Crippen LogP contribution in [0.3, 0.4) is 0 Å². The number of ether oxygens (including phenoxy) is 1. The van der Waals surface area contributed by atoms with E-state index in [0.29, 0.717) is 11.1 Å². The van der Waals surface area contributed by atoms with Gasteiger partial charge in [0.2, 0.25) is 0 Å². The van der Waals surface area contributed by atoms with Crippen molar-refractivity contribution in [2.75, 3.05) is 7.11 Å². The molecule has 0 fully saturated rings. The molecule has 26 heavy (non-hydrogen) atoms. The van der Waals surface area contributed by atoms with Gasteiger partial charge in [-0.1, -0.05) is 23.7 Å². The number of aromatic nitrogens is 1. The standard InChI is InChI=1S/C19H17ClFN3O2/c1-11-9-12(7-8-23-11)16-10-15(18(25)26-2)17(22)24-19(16,20)13-3-5-14(21)6-4-13/h3-10,24H,22H2,1-2H3. The van der Waals surface area contributed by atoms with Crippen molar-refractivity contribution in [2.45, 2.75) is 11.9 Å². The van der Waals surface area contributed by atoms with Gasteiger partial charge in [0.1, 0.15) is 11.6 Å². The maximum absolute atomic E-state index is 13.4. The second-order valence-electron chi connectivity index (χ2n) is 5.85. The molecule has 5 nitrogen and oxygen atoms in total. The number of pyridine rings is 1. The van der Waals surface area contributed by atoms with Crippen molar-refractivity contribution in [1.29, 1.82) is 0 Å². The fraction of sp³-hybridized carbons (Fsp3) is 0.158. The number of aryl methyl sites for hydroxylation is 1. The van der Waals surface area contributed by atoms with E-state index in [4.69, 9.17) is 22.1 Å². The molecule has 134 valence electrons. The summed E-state index contributed by atoms with van der Waals surface area (Å²) in [4.78, 5) is 15.0. The normalized spacial score (nSPS) is 19.6. The Balaban J connectivity index is 2.21. The molecule has 3 N–H and O–H groups in total. The summed E-state index contributed by atoms with van der Waals surface area (Å²) in [5.74, 6) is -0.893. The molecular formula is C19H17ClFN3O2. The van der Waals surface area contributed by atoms with E-state index >= 15 is 0 Å². The third-order valence-electron chi connectivity index (χ3n) is 4.11. The van der Waals surface area contributed by atoms with Crippen LogP contribution >= 0.6 is 11.6 Å². The Morgan fingerprint density at radius 3 is 2.62 bits per heavy atom. The molecule has 7 heteroatoms. The topological polar surface area (TPSA) is 77.2 Å². The number of carbonyl (C=O) groups excluding carboxylic acids is 1. The highest BCUT2D eigenvalue weighted by Gasteiger charge is 2.39. The van der Waals surface area contributed by atoms with Gasteiger partial charge < -0.3 is 15.8 Å². The lowest BCUT2D eigenvalue weighted by atomic mass is 9.88. The summed E-state index contributed by atoms with van der Waals surface area (Å²) in [6, 6.07) is 9.36. The minimum absolute atomic E-state index is 0.0747. The number of methoxy groups -OCH3 is 1. The van der Waals surface area contributed by atoms with Crippen LogP contribution in [-0.2, 0) is 14.5 Å². The van der Waals surface area contributed by atoms with Crippen molar-refractivity contribution >= 4 is 23.1 Å². The minimum Gasteiger partial charge on any atom is -0.465 e. The van der Waals surface area contributed by atoms with E-state index in [9.17, 15) is 9.18 Å². The molecule has 0 radical (unpaired) electrons. The van der Waals surface area contributed by atoms with Crippen LogP contribution in [0.15, 0.2) is 60.1 Å². The van der Waals surface area contributed by atoms with Gasteiger partial charge in [-0.15, -0.1) is 0 Å². The Bertz CT molecular complexity index is 925. The zero-order valence-electron chi connectivity index (χ0n) is 14.2. The number of alkyl halides is 1. The highest BCUT2D eigenvalue weighted by molar-refractivity contribution is 6.30. The van der Waals surface area contributed by atoms with Crippen LogP contribution in [0.25, 0.3) is 5.57 Å². The van der Waals surface area contributed by atoms with Gasteiger partial charge in [-0.05, 0) is 48.4 Å². The number of rotatable bonds is 3. The predicted molar refractivity (Wildman–Crippen MR) is 97.2 cm³/mol. The van der Waals surface area contributed by atoms with E-state index in [0.717, 1.165) is 11.3 Å². The lowest BCUT2D eigenvalue weighted by molar-refractivity contribution is -0.135. The quantitative estimate of drug-likeness (QED) is 0.491. The van der Waals surface area contributed by atoms with Crippen molar-refractivity contribution in [2.24, 2.45) is 5.73 Å². The third kappa shape index (κ3) is 3.15. The Kier molecular flexibility index (Phi) is 4.70. The summed E-state index contributed by atoms with van der Waals surface area (Å²) in [5.41, 5.74) is 8.86. The van der Waals surface area contributed by atoms with Gasteiger partial charge in [-0.3, -0.25) is 4.98 Å². The van der Waals surface area contributed by atoms with Crippen molar-refractivity contribution in [3.8, 4) is 0 Å². The molecule has 0 saturated heterocycles. The number of hydrogen-bond donors (Lipinski definition) is 2. The van der Waals surface area contributed by atoms with Crippen LogP contribution in [-0.4, -0.2) is 18.1 Å². The predicted octanol–water partition coefficient (Wildman–Crippen LogP) is 2.95. The zero-order valence-corrected chi connectivity index (χ0v) is 15.0. The van der Waals surface area contributed by atoms with Crippen molar-refractivity contribution < 1.29 is 13.9 Å². The Morgan fingerprint density at radius 1 is 1.31 bits per heavy atom. The molecule has 0 saturated carbocycles. The Labute approximate surface area is 155 Å². The molecule has 1 aromatic carbocycles. The van der Waals surface area contributed by atoms with E-state index in [1.54, 1.807) is 30.5 Å². The van der Waals surface area contributed by atoms with Crippen LogP contribution in [0, 0.1) is 12.7 Å². The number of dihydropyridines is 1. The summed E-state index contributed by atoms with van der Waals surface area (Å²) in [7, 11) is 1.27. The Morgan fingerprint density at radius 2 is 2.00 bits per heavy atom. The summed E-state index contributed by atoms with van der Waals surface area (Å²) >= 11 is 6.93. The number of nitrogens with zero attached hydrogens (tertiary/aromatic N) is 1. The van der Waals surface area contributed by atoms with Crippen LogP contribution < -0.4 is 11.1 Å². The van der Waals surface area contributed by atoms with E-state index in [-0.39, 0.29) is 17.2 Å². The Hall–Kier alpha value is -2.86. The molecule has 3 rings (SSSR count). The van der Waals surface area contributed by atoms with E-state index in [1.807, 2.05) is 13.0 Å². The van der Waals surface area contributed by atoms with Gasteiger partial charge >= 0.3 is 5.97 Å². The lowest BCUT2D eigenvalue weighted by Gasteiger charge is -2.36. The average Bonchev–Trinajstić information content (AvgIpc) is 2.61. The molecule has 0 bridgehead atoms. The molecule has 0 spiro atoms. The molecule has 1 aliphatic rings. The summed E-state index contributed by atoms with van der Waals surface area (Å²) in [6.07, 6.45) is 3.23. The number of nitrogens with one attached hydrogen (secondary N) is 1. The second-order valence-corrected chi connectivity index (χ2v) is 6.42. The molecule has 1 aliphatic heterocycles. The summed E-state index contributed by atoms with van der Waals surface area (Å²) in [6.45, 7) is 1.85. The van der Waals surface area contributed by atoms with Crippen molar-refractivity contribution in [3.05, 3.63) is 82.7 Å². The van der Waals surface area contributed by atoms with Crippen LogP contribution in [0.5, 0.6) is 0 Å². The first-order valence-corrected chi connectivity index (χ1v) is 8.19. The highest BCUT2D eigenvalue weighted by atomic mass is 35.5. The molecule has 2 aromatic rings. The second kappa shape index (κ2) is 6.80. The molecule has 1 aromatic heterocycles. The van der Waals surface area contributed by atoms with E-state index < -0.39 is 11.0 Å². The minimum atomic E-state index is -1.29. The third-order valence-corrected chi connectivity index (χ3v) is 4.63. The maximum atomic E-state index is 13.4. The SMILES string of the molecule is COC(=O)C1=C(N)NC(Cl)(c2ccc(F)cc2)C(c2ccnc(C)c2)=C1. The number of benzene rings is 1. The largest absolute Gasteiger partial charge is 0.465 e. The first kappa shape index (κ1) is 17.9. The molecular weight excluding hydrogens is 357 g/mol. The molecule has 0 amide bonds. The van der Waals surface area contributed by atoms with E-state index in [1.165, 1.54) is 19.2 Å². The highest BCUT2D eigenvalue weighted by Crippen LogP contribution is 2.43. The molecule has 1 unspecified atom stereocenters. The number of nitrogens with two attached hydrogens (primary N) is 1. The first-order chi connectivity index (χ1) is 12.3. The van der Waals surface area contributed by atoms with Gasteiger partial charge in [-0.2, -0.15) is 0 Å². The number of halogens is 2. The van der Waals surface area contributed by atoms with E-state index in [2.05, 4.69) is 10.3 Å². The van der Waals surface area contributed by atoms with Crippen LogP contribution in [0.2, 0.25) is 0 Å². The summed E-state index contributed by atoms with van der Waals surface area (Å²) < 4.78 is 18.2. The number of hydrogen-bond acceptors (Lipinski definition) is 5. The zero-order chi connectivity index (χ0) is 18.9. The molecule has 1 atom stereocenters. The molecule has 2 heterocycles. The van der Waals surface area contributed by atoms with Crippen molar-refractivity contribution in [3.63, 3.8) is 0 Å². The van der Waals surface area contributed by atoms with Crippen LogP contribution in [0.4, 0.5) is 4.39 Å². The average molecular weight is 374 g/mol. The van der Waals surface area contributed by atoms with Gasteiger partial charge in [0.05, 0.1) is 12.7 Å². The number of esters is 1. The fourth-order valence-corrected chi connectivity index (χ4v) is 3.21. The number of carbonyl (C=O) groups is 1. The monoisotopic (exact) mass is 373 g/mol. The van der Waals surface area contributed by atoms with Crippen LogP contribution in [0.1, 0.15) is 16.8 Å². The lowest BCUT2D eigenvalue weighted by Crippen LogP contribution is -2.44. The smallest absolute Gasteiger partial charge is 0.341 e. The molecule has 0 aliphatic carbocycles. The van der Waals surface area contributed by atoms with Gasteiger partial charge in [-0.25, -0.2) is 9.18 Å². The summed E-state index contributed by atoms with van der Waals surface area (Å²) in [5, 5.41) is 2.97. The van der Waals surface area contributed by atoms with Gasteiger partial charge in [0.25, 0.3) is 0 Å². The van der Waals surface area contributed by atoms with Gasteiger partial charge in [0, 0.05) is 17.5 Å². The van der Waals surface area contributed by atoms with Gasteiger partial charge in [0.15, 0.2) is 5.00 Å². The van der Waals surface area contributed by atoms with Crippen molar-refractivity contribution in [1.82, 2.24) is 10.3 Å².